The number of β-amino-alcohol motifs (C(OH)–C–C–N with tert-alkyl or cyclic N) is 1. The lowest BCUT2D eigenvalue weighted by atomic mass is 10.0. The number of aliphatic hydroxyl groups is 1. The standard InChI is InChI=1S/C15H23N3O3/c1-16-5-2-3-13(16)14(19)18-6-4-15(20,12-18)11-17-7-9-21-10-8-17/h2-3,5,20H,4,6-12H2,1H3. The van der Waals surface area contributed by atoms with Crippen LogP contribution in [-0.2, 0) is 11.8 Å². The van der Waals surface area contributed by atoms with Crippen LogP contribution in [-0.4, -0.2) is 76.9 Å². The summed E-state index contributed by atoms with van der Waals surface area (Å²) in [6.07, 6.45) is 2.50. The number of likely N-dealkylation sites (tertiary alicyclic amines) is 1. The molecule has 2 saturated heterocycles. The smallest absolute Gasteiger partial charge is 0.270 e. The van der Waals surface area contributed by atoms with Crippen LogP contribution >= 0.6 is 0 Å². The molecule has 2 aliphatic rings. The normalized spacial score (nSPS) is 27.2. The van der Waals surface area contributed by atoms with E-state index in [0.29, 0.717) is 31.7 Å². The van der Waals surface area contributed by atoms with Crippen molar-refractivity contribution >= 4 is 5.91 Å². The van der Waals surface area contributed by atoms with E-state index in [9.17, 15) is 9.90 Å². The van der Waals surface area contributed by atoms with Crippen LogP contribution in [0.1, 0.15) is 16.9 Å². The summed E-state index contributed by atoms with van der Waals surface area (Å²) >= 11 is 0. The zero-order valence-electron chi connectivity index (χ0n) is 12.5. The van der Waals surface area contributed by atoms with E-state index in [1.807, 2.05) is 29.9 Å². The average molecular weight is 293 g/mol. The summed E-state index contributed by atoms with van der Waals surface area (Å²) in [5, 5.41) is 10.7. The van der Waals surface area contributed by atoms with Crippen LogP contribution in [0.15, 0.2) is 18.3 Å². The average Bonchev–Trinajstić information content (AvgIpc) is 3.06. The molecule has 1 atom stereocenters. The van der Waals surface area contributed by atoms with Crippen LogP contribution in [0.25, 0.3) is 0 Å². The maximum Gasteiger partial charge on any atom is 0.270 e. The summed E-state index contributed by atoms with van der Waals surface area (Å²) in [5.41, 5.74) is -0.122. The number of aromatic nitrogens is 1. The predicted molar refractivity (Wildman–Crippen MR) is 78.1 cm³/mol. The Bertz CT molecular complexity index is 510. The van der Waals surface area contributed by atoms with E-state index in [0.717, 1.165) is 26.3 Å². The Balaban J connectivity index is 1.61. The van der Waals surface area contributed by atoms with Crippen LogP contribution in [0.2, 0.25) is 0 Å². The van der Waals surface area contributed by atoms with Gasteiger partial charge in [0, 0.05) is 39.4 Å². The van der Waals surface area contributed by atoms with E-state index in [1.54, 1.807) is 4.90 Å². The van der Waals surface area contributed by atoms with Crippen LogP contribution in [0.5, 0.6) is 0 Å². The topological polar surface area (TPSA) is 57.9 Å². The second-order valence-corrected chi connectivity index (χ2v) is 6.09. The molecule has 3 rings (SSSR count). The Morgan fingerprint density at radius 3 is 2.81 bits per heavy atom. The van der Waals surface area contributed by atoms with Crippen molar-refractivity contribution in [1.82, 2.24) is 14.4 Å². The lowest BCUT2D eigenvalue weighted by Gasteiger charge is -2.33. The molecule has 1 amide bonds. The Kier molecular flexibility index (Phi) is 4.01. The van der Waals surface area contributed by atoms with Crippen molar-refractivity contribution in [3.8, 4) is 0 Å². The van der Waals surface area contributed by atoms with Gasteiger partial charge in [0.25, 0.3) is 5.91 Å². The first-order valence-corrected chi connectivity index (χ1v) is 7.50. The molecule has 6 heteroatoms. The van der Waals surface area contributed by atoms with E-state index < -0.39 is 5.60 Å². The Labute approximate surface area is 124 Å². The molecule has 0 bridgehead atoms. The number of nitrogens with zero attached hydrogens (tertiary/aromatic N) is 3. The second kappa shape index (κ2) is 5.79. The monoisotopic (exact) mass is 293 g/mol. The summed E-state index contributed by atoms with van der Waals surface area (Å²) in [6.45, 7) is 4.80. The van der Waals surface area contributed by atoms with Crippen LogP contribution in [0.4, 0.5) is 0 Å². The Morgan fingerprint density at radius 2 is 2.14 bits per heavy atom. The van der Waals surface area contributed by atoms with Crippen molar-refractivity contribution in [1.29, 1.82) is 0 Å². The molecule has 1 aromatic heterocycles. The van der Waals surface area contributed by atoms with Crippen LogP contribution in [0, 0.1) is 0 Å². The summed E-state index contributed by atoms with van der Waals surface area (Å²) < 4.78 is 7.15. The zero-order valence-corrected chi connectivity index (χ0v) is 12.5. The van der Waals surface area contributed by atoms with Gasteiger partial charge in [-0.3, -0.25) is 9.69 Å². The number of hydrogen-bond donors (Lipinski definition) is 1. The molecule has 3 heterocycles. The highest BCUT2D eigenvalue weighted by molar-refractivity contribution is 5.93. The second-order valence-electron chi connectivity index (χ2n) is 6.09. The van der Waals surface area contributed by atoms with Crippen LogP contribution in [0.3, 0.4) is 0 Å². The van der Waals surface area contributed by atoms with Gasteiger partial charge in [-0.15, -0.1) is 0 Å². The van der Waals surface area contributed by atoms with Gasteiger partial charge in [0.05, 0.1) is 25.4 Å². The molecule has 1 aromatic rings. The van der Waals surface area contributed by atoms with E-state index in [4.69, 9.17) is 4.74 Å². The number of ether oxygens (including phenoxy) is 1. The number of carbonyl (C=O) groups excluding carboxylic acids is 1. The highest BCUT2D eigenvalue weighted by Crippen LogP contribution is 2.24. The van der Waals surface area contributed by atoms with Crippen molar-refractivity contribution in [2.24, 2.45) is 7.05 Å². The summed E-state index contributed by atoms with van der Waals surface area (Å²) in [7, 11) is 1.86. The molecular formula is C15H23N3O3. The Morgan fingerprint density at radius 1 is 1.38 bits per heavy atom. The fourth-order valence-electron chi connectivity index (χ4n) is 3.18. The van der Waals surface area contributed by atoms with Gasteiger partial charge in [-0.2, -0.15) is 0 Å². The first kappa shape index (κ1) is 14.6. The minimum Gasteiger partial charge on any atom is -0.387 e. The molecule has 6 nitrogen and oxygen atoms in total. The molecule has 116 valence electrons. The summed E-state index contributed by atoms with van der Waals surface area (Å²) in [6, 6.07) is 3.69. The van der Waals surface area contributed by atoms with Crippen molar-refractivity contribution in [2.45, 2.75) is 12.0 Å². The molecule has 1 unspecified atom stereocenters. The number of hydrogen-bond acceptors (Lipinski definition) is 4. The van der Waals surface area contributed by atoms with Gasteiger partial charge in [-0.1, -0.05) is 0 Å². The van der Waals surface area contributed by atoms with Gasteiger partial charge in [0.1, 0.15) is 5.69 Å². The molecule has 0 saturated carbocycles. The van der Waals surface area contributed by atoms with E-state index in [2.05, 4.69) is 4.90 Å². The summed E-state index contributed by atoms with van der Waals surface area (Å²) in [4.78, 5) is 16.5. The number of morpholine rings is 1. The number of amides is 1. The third-order valence-electron chi connectivity index (χ3n) is 4.40. The minimum atomic E-state index is -0.793. The van der Waals surface area contributed by atoms with Gasteiger partial charge in [-0.25, -0.2) is 0 Å². The molecule has 21 heavy (non-hydrogen) atoms. The number of rotatable bonds is 3. The SMILES string of the molecule is Cn1cccc1C(=O)N1CCC(O)(CN2CCOCC2)C1. The molecule has 2 fully saturated rings. The maximum atomic E-state index is 12.5. The van der Waals surface area contributed by atoms with Crippen molar-refractivity contribution in [3.05, 3.63) is 24.0 Å². The maximum absolute atomic E-state index is 12.5. The molecule has 0 aromatic carbocycles. The van der Waals surface area contributed by atoms with Gasteiger partial charge in [-0.05, 0) is 18.6 Å². The summed E-state index contributed by atoms with van der Waals surface area (Å²) in [5.74, 6) is 0.000373. The van der Waals surface area contributed by atoms with Crippen LogP contribution < -0.4 is 0 Å². The number of aryl methyl sites for hydroxylation is 1. The van der Waals surface area contributed by atoms with Gasteiger partial charge in [0.15, 0.2) is 0 Å². The molecule has 2 aliphatic heterocycles. The van der Waals surface area contributed by atoms with Crippen molar-refractivity contribution in [2.75, 3.05) is 45.9 Å². The zero-order chi connectivity index (χ0) is 14.9. The van der Waals surface area contributed by atoms with E-state index >= 15 is 0 Å². The largest absolute Gasteiger partial charge is 0.387 e. The minimum absolute atomic E-state index is 0.000373. The fourth-order valence-corrected chi connectivity index (χ4v) is 3.18. The first-order chi connectivity index (χ1) is 10.1. The quantitative estimate of drug-likeness (QED) is 0.848. The molecule has 0 spiro atoms. The molecule has 1 N–H and O–H groups in total. The number of carbonyl (C=O) groups is 1. The molecule has 0 radical (unpaired) electrons. The lowest BCUT2D eigenvalue weighted by Crippen LogP contribution is -2.49. The molecular weight excluding hydrogens is 270 g/mol. The lowest BCUT2D eigenvalue weighted by molar-refractivity contribution is -0.0257. The van der Waals surface area contributed by atoms with E-state index in [1.165, 1.54) is 0 Å². The van der Waals surface area contributed by atoms with Crippen molar-refractivity contribution < 1.29 is 14.6 Å². The van der Waals surface area contributed by atoms with Gasteiger partial charge in [0.2, 0.25) is 0 Å². The molecule has 0 aliphatic carbocycles. The van der Waals surface area contributed by atoms with Gasteiger partial charge < -0.3 is 19.3 Å². The van der Waals surface area contributed by atoms with E-state index in [-0.39, 0.29) is 5.91 Å². The highest BCUT2D eigenvalue weighted by Gasteiger charge is 2.40. The van der Waals surface area contributed by atoms with Crippen molar-refractivity contribution in [3.63, 3.8) is 0 Å². The third kappa shape index (κ3) is 3.12. The predicted octanol–water partition coefficient (Wildman–Crippen LogP) is -0.0657. The highest BCUT2D eigenvalue weighted by atomic mass is 16.5. The van der Waals surface area contributed by atoms with Gasteiger partial charge >= 0.3 is 0 Å². The Hall–Kier alpha value is -1.37. The fraction of sp³-hybridized carbons (Fsp3) is 0.667. The third-order valence-corrected chi connectivity index (χ3v) is 4.40. The first-order valence-electron chi connectivity index (χ1n) is 7.50.